The molecular weight excluding hydrogens is 314 g/mol. The normalized spacial score (nSPS) is 16.0. The number of esters is 1. The topological polar surface area (TPSA) is 72.5 Å². The van der Waals surface area contributed by atoms with Gasteiger partial charge in [0.05, 0.1) is 18.7 Å². The Morgan fingerprint density at radius 1 is 1.17 bits per heavy atom. The molecule has 5 nitrogen and oxygen atoms in total. The third-order valence-electron chi connectivity index (χ3n) is 4.18. The Labute approximate surface area is 135 Å². The standard InChI is InChI=1S/C17H19NO4S/c1-2-22-16(19)12-17(10-11-17)23(20,21)18-15-9-5-7-13-6-3-4-8-14(13)15/h3-9,18H,2,10-12H2,1H3. The highest BCUT2D eigenvalue weighted by Crippen LogP contribution is 2.47. The van der Waals surface area contributed by atoms with E-state index in [1.54, 1.807) is 13.0 Å². The van der Waals surface area contributed by atoms with Crippen molar-refractivity contribution >= 4 is 32.5 Å². The number of ether oxygens (including phenoxy) is 1. The molecule has 0 unspecified atom stereocenters. The molecule has 3 rings (SSSR count). The van der Waals surface area contributed by atoms with Crippen LogP contribution in [0.5, 0.6) is 0 Å². The number of carbonyl (C=O) groups excluding carboxylic acids is 1. The Morgan fingerprint density at radius 2 is 1.87 bits per heavy atom. The maximum absolute atomic E-state index is 12.7. The Morgan fingerprint density at radius 3 is 2.57 bits per heavy atom. The van der Waals surface area contributed by atoms with E-state index in [4.69, 9.17) is 4.74 Å². The SMILES string of the molecule is CCOC(=O)CC1(S(=O)(=O)Nc2cccc3ccccc23)CC1. The predicted octanol–water partition coefficient (Wildman–Crippen LogP) is 3.07. The predicted molar refractivity (Wildman–Crippen MR) is 89.7 cm³/mol. The number of rotatable bonds is 6. The first-order valence-electron chi connectivity index (χ1n) is 7.63. The molecule has 0 atom stereocenters. The zero-order chi connectivity index (χ0) is 16.5. The molecule has 0 aliphatic heterocycles. The number of sulfonamides is 1. The summed E-state index contributed by atoms with van der Waals surface area (Å²) in [6, 6.07) is 13.1. The molecule has 0 amide bonds. The molecule has 0 bridgehead atoms. The molecule has 1 fully saturated rings. The molecule has 0 radical (unpaired) electrons. The van der Waals surface area contributed by atoms with Crippen molar-refractivity contribution < 1.29 is 17.9 Å². The molecule has 6 heteroatoms. The minimum atomic E-state index is -3.66. The van der Waals surface area contributed by atoms with E-state index in [0.29, 0.717) is 18.5 Å². The number of fused-ring (bicyclic) bond motifs is 1. The summed E-state index contributed by atoms with van der Waals surface area (Å²) in [6.07, 6.45) is 0.860. The summed E-state index contributed by atoms with van der Waals surface area (Å²) in [5, 5.41) is 1.80. The monoisotopic (exact) mass is 333 g/mol. The third kappa shape index (κ3) is 3.03. The number of hydrogen-bond acceptors (Lipinski definition) is 4. The van der Waals surface area contributed by atoms with Crippen molar-refractivity contribution in [3.05, 3.63) is 42.5 Å². The van der Waals surface area contributed by atoms with Gasteiger partial charge in [-0.25, -0.2) is 8.42 Å². The Balaban J connectivity index is 1.87. The zero-order valence-corrected chi connectivity index (χ0v) is 13.7. The van der Waals surface area contributed by atoms with E-state index >= 15 is 0 Å². The van der Waals surface area contributed by atoms with Gasteiger partial charge in [0.1, 0.15) is 4.75 Å². The summed E-state index contributed by atoms with van der Waals surface area (Å²) in [4.78, 5) is 11.7. The van der Waals surface area contributed by atoms with Crippen LogP contribution in [0.4, 0.5) is 5.69 Å². The van der Waals surface area contributed by atoms with Crippen LogP contribution in [-0.2, 0) is 19.6 Å². The molecule has 2 aromatic carbocycles. The molecule has 1 aliphatic rings. The van der Waals surface area contributed by atoms with Crippen molar-refractivity contribution in [3.63, 3.8) is 0 Å². The van der Waals surface area contributed by atoms with Gasteiger partial charge in [-0.2, -0.15) is 0 Å². The van der Waals surface area contributed by atoms with Gasteiger partial charge in [-0.1, -0.05) is 36.4 Å². The van der Waals surface area contributed by atoms with Crippen molar-refractivity contribution in [2.75, 3.05) is 11.3 Å². The van der Waals surface area contributed by atoms with E-state index in [0.717, 1.165) is 10.8 Å². The first-order chi connectivity index (χ1) is 11.0. The molecule has 0 spiro atoms. The van der Waals surface area contributed by atoms with E-state index < -0.39 is 20.7 Å². The van der Waals surface area contributed by atoms with Gasteiger partial charge >= 0.3 is 5.97 Å². The summed E-state index contributed by atoms with van der Waals surface area (Å²) >= 11 is 0. The van der Waals surface area contributed by atoms with Crippen molar-refractivity contribution in [1.82, 2.24) is 0 Å². The highest BCUT2D eigenvalue weighted by molar-refractivity contribution is 7.94. The van der Waals surface area contributed by atoms with Crippen molar-refractivity contribution in [2.45, 2.75) is 30.9 Å². The highest BCUT2D eigenvalue weighted by Gasteiger charge is 2.56. The lowest BCUT2D eigenvalue weighted by Crippen LogP contribution is -2.32. The Hall–Kier alpha value is -2.08. The van der Waals surface area contributed by atoms with Gasteiger partial charge in [0.2, 0.25) is 10.0 Å². The largest absolute Gasteiger partial charge is 0.466 e. The smallest absolute Gasteiger partial charge is 0.307 e. The van der Waals surface area contributed by atoms with Gasteiger partial charge < -0.3 is 4.74 Å². The fourth-order valence-corrected chi connectivity index (χ4v) is 4.35. The Kier molecular flexibility index (Phi) is 4.02. The molecule has 0 aromatic heterocycles. The van der Waals surface area contributed by atoms with Crippen LogP contribution < -0.4 is 4.72 Å². The van der Waals surface area contributed by atoms with Gasteiger partial charge in [0.15, 0.2) is 0 Å². The molecule has 122 valence electrons. The van der Waals surface area contributed by atoms with Crippen LogP contribution in [0, 0.1) is 0 Å². The number of hydrogen-bond donors (Lipinski definition) is 1. The maximum atomic E-state index is 12.7. The fraction of sp³-hybridized carbons (Fsp3) is 0.353. The average molecular weight is 333 g/mol. The molecule has 0 heterocycles. The lowest BCUT2D eigenvalue weighted by molar-refractivity contribution is -0.143. The third-order valence-corrected chi connectivity index (χ3v) is 6.36. The molecule has 0 saturated heterocycles. The lowest BCUT2D eigenvalue weighted by Gasteiger charge is -2.18. The summed E-state index contributed by atoms with van der Waals surface area (Å²) in [7, 11) is -3.66. The Bertz CT molecular complexity index is 835. The second-order valence-corrected chi connectivity index (χ2v) is 7.87. The lowest BCUT2D eigenvalue weighted by atomic mass is 10.1. The first-order valence-corrected chi connectivity index (χ1v) is 9.11. The average Bonchev–Trinajstić information content (AvgIpc) is 3.29. The van der Waals surface area contributed by atoms with E-state index in [1.165, 1.54) is 0 Å². The van der Waals surface area contributed by atoms with Crippen LogP contribution >= 0.6 is 0 Å². The zero-order valence-electron chi connectivity index (χ0n) is 12.9. The quantitative estimate of drug-likeness (QED) is 0.825. The summed E-state index contributed by atoms with van der Waals surface area (Å²) < 4.78 is 32.0. The minimum Gasteiger partial charge on any atom is -0.466 e. The summed E-state index contributed by atoms with van der Waals surface area (Å²) in [5.41, 5.74) is 0.540. The van der Waals surface area contributed by atoms with Crippen molar-refractivity contribution in [2.24, 2.45) is 0 Å². The van der Waals surface area contributed by atoms with Crippen LogP contribution in [0.2, 0.25) is 0 Å². The van der Waals surface area contributed by atoms with Gasteiger partial charge in [-0.3, -0.25) is 9.52 Å². The van der Waals surface area contributed by atoms with Crippen LogP contribution in [0.25, 0.3) is 10.8 Å². The second kappa shape index (κ2) is 5.85. The molecular formula is C17H19NO4S. The van der Waals surface area contributed by atoms with Gasteiger partial charge in [0.25, 0.3) is 0 Å². The number of carbonyl (C=O) groups is 1. The molecule has 2 aromatic rings. The van der Waals surface area contributed by atoms with Crippen LogP contribution in [0.3, 0.4) is 0 Å². The van der Waals surface area contributed by atoms with E-state index in [9.17, 15) is 13.2 Å². The van der Waals surface area contributed by atoms with Crippen LogP contribution in [0.1, 0.15) is 26.2 Å². The van der Waals surface area contributed by atoms with E-state index in [1.807, 2.05) is 36.4 Å². The molecule has 1 saturated carbocycles. The fourth-order valence-electron chi connectivity index (χ4n) is 2.72. The van der Waals surface area contributed by atoms with Gasteiger partial charge in [-0.15, -0.1) is 0 Å². The second-order valence-electron chi connectivity index (χ2n) is 5.80. The van der Waals surface area contributed by atoms with E-state index in [2.05, 4.69) is 4.72 Å². The highest BCUT2D eigenvalue weighted by atomic mass is 32.2. The summed E-state index contributed by atoms with van der Waals surface area (Å²) in [6.45, 7) is 1.96. The van der Waals surface area contributed by atoms with Gasteiger partial charge in [-0.05, 0) is 31.2 Å². The summed E-state index contributed by atoms with van der Waals surface area (Å²) in [5.74, 6) is -0.465. The molecule has 23 heavy (non-hydrogen) atoms. The van der Waals surface area contributed by atoms with Crippen molar-refractivity contribution in [3.8, 4) is 0 Å². The first kappa shape index (κ1) is 15.8. The van der Waals surface area contributed by atoms with Gasteiger partial charge in [0, 0.05) is 5.39 Å². The maximum Gasteiger partial charge on any atom is 0.307 e. The van der Waals surface area contributed by atoms with E-state index in [-0.39, 0.29) is 13.0 Å². The number of anilines is 1. The van der Waals surface area contributed by atoms with Crippen molar-refractivity contribution in [1.29, 1.82) is 0 Å². The molecule has 1 N–H and O–H groups in total. The number of nitrogens with one attached hydrogen (secondary N) is 1. The minimum absolute atomic E-state index is 0.0963. The van der Waals surface area contributed by atoms with Crippen LogP contribution in [0.15, 0.2) is 42.5 Å². The van der Waals surface area contributed by atoms with Crippen LogP contribution in [-0.4, -0.2) is 25.7 Å². The molecule has 1 aliphatic carbocycles. The number of benzene rings is 2.